The van der Waals surface area contributed by atoms with Gasteiger partial charge >= 0.3 is 0 Å². The second kappa shape index (κ2) is 9.54. The SMILES string of the molecule is C=C(N)N.OCCO. The summed E-state index contributed by atoms with van der Waals surface area (Å²) >= 11 is 0. The fourth-order valence-corrected chi connectivity index (χ4v) is 0. The Labute approximate surface area is 48.4 Å². The molecule has 0 spiro atoms. The molecule has 6 N–H and O–H groups in total. The number of hydrogen-bond donors (Lipinski definition) is 4. The van der Waals surface area contributed by atoms with Gasteiger partial charge in [-0.25, -0.2) is 0 Å². The predicted octanol–water partition coefficient (Wildman–Crippen LogP) is -1.65. The van der Waals surface area contributed by atoms with E-state index in [2.05, 4.69) is 6.58 Å². The molecule has 0 fully saturated rings. The molecule has 0 bridgehead atoms. The molecule has 4 heteroatoms. The summed E-state index contributed by atoms with van der Waals surface area (Å²) < 4.78 is 0. The average molecular weight is 120 g/mol. The van der Waals surface area contributed by atoms with Gasteiger partial charge in [-0.1, -0.05) is 6.58 Å². The van der Waals surface area contributed by atoms with Crippen LogP contribution in [0.4, 0.5) is 0 Å². The molecule has 0 rings (SSSR count). The molecular formula is C4H12N2O2. The third kappa shape index (κ3) is 1410. The lowest BCUT2D eigenvalue weighted by Gasteiger charge is -1.72. The van der Waals surface area contributed by atoms with E-state index < -0.39 is 0 Å². The van der Waals surface area contributed by atoms with Crippen molar-refractivity contribution in [1.82, 2.24) is 0 Å². The van der Waals surface area contributed by atoms with Crippen molar-refractivity contribution >= 4 is 0 Å². The molecule has 0 aliphatic carbocycles. The van der Waals surface area contributed by atoms with E-state index in [1.165, 1.54) is 0 Å². The maximum Gasteiger partial charge on any atom is 0.0859 e. The lowest BCUT2D eigenvalue weighted by atomic mass is 10.8. The molecule has 0 heterocycles. The standard InChI is InChI=1S/C2H6N2.C2H6O2/c1-2(3)4;3-1-2-4/h1,3-4H2;3-4H,1-2H2. The van der Waals surface area contributed by atoms with Crippen LogP contribution in [0.5, 0.6) is 0 Å². The van der Waals surface area contributed by atoms with Crippen molar-refractivity contribution < 1.29 is 10.2 Å². The molecule has 50 valence electrons. The Morgan fingerprint density at radius 3 is 1.38 bits per heavy atom. The van der Waals surface area contributed by atoms with E-state index in [-0.39, 0.29) is 19.0 Å². The van der Waals surface area contributed by atoms with Crippen molar-refractivity contribution in [2.75, 3.05) is 13.2 Å². The molecule has 0 aliphatic rings. The van der Waals surface area contributed by atoms with Gasteiger partial charge in [0.15, 0.2) is 0 Å². The Morgan fingerprint density at radius 2 is 1.38 bits per heavy atom. The molecule has 0 aromatic carbocycles. The first-order chi connectivity index (χ1) is 3.65. The maximum atomic E-state index is 7.62. The Bertz CT molecular complexity index is 50.0. The van der Waals surface area contributed by atoms with Crippen LogP contribution < -0.4 is 11.5 Å². The van der Waals surface area contributed by atoms with Crippen molar-refractivity contribution in [3.8, 4) is 0 Å². The van der Waals surface area contributed by atoms with E-state index in [0.717, 1.165) is 0 Å². The van der Waals surface area contributed by atoms with Gasteiger partial charge in [0.25, 0.3) is 0 Å². The molecule has 0 unspecified atom stereocenters. The van der Waals surface area contributed by atoms with Gasteiger partial charge in [-0.15, -0.1) is 0 Å². The van der Waals surface area contributed by atoms with E-state index in [1.54, 1.807) is 0 Å². The third-order valence-corrected chi connectivity index (χ3v) is 0.1000. The summed E-state index contributed by atoms with van der Waals surface area (Å²) in [6, 6.07) is 0. The summed E-state index contributed by atoms with van der Waals surface area (Å²) in [5, 5.41) is 15.2. The zero-order valence-electron chi connectivity index (χ0n) is 4.67. The smallest absolute Gasteiger partial charge is 0.0859 e. The summed E-state index contributed by atoms with van der Waals surface area (Å²) in [5.74, 6) is 0.167. The van der Waals surface area contributed by atoms with E-state index >= 15 is 0 Å². The summed E-state index contributed by atoms with van der Waals surface area (Å²) in [6.45, 7) is 2.86. The van der Waals surface area contributed by atoms with Gasteiger partial charge in [0.05, 0.1) is 19.0 Å². The van der Waals surface area contributed by atoms with E-state index in [0.29, 0.717) is 0 Å². The molecule has 0 saturated heterocycles. The molecule has 4 nitrogen and oxygen atoms in total. The van der Waals surface area contributed by atoms with Crippen molar-refractivity contribution in [1.29, 1.82) is 0 Å². The van der Waals surface area contributed by atoms with Crippen LogP contribution >= 0.6 is 0 Å². The first-order valence-electron chi connectivity index (χ1n) is 2.06. The molecule has 8 heavy (non-hydrogen) atoms. The van der Waals surface area contributed by atoms with E-state index in [1.807, 2.05) is 0 Å². The summed E-state index contributed by atoms with van der Waals surface area (Å²) in [5.41, 5.74) is 9.39. The van der Waals surface area contributed by atoms with Crippen LogP contribution in [-0.4, -0.2) is 23.4 Å². The van der Waals surface area contributed by atoms with Crippen molar-refractivity contribution in [2.24, 2.45) is 11.5 Å². The van der Waals surface area contributed by atoms with Crippen LogP contribution in [0.3, 0.4) is 0 Å². The van der Waals surface area contributed by atoms with Crippen LogP contribution in [0.25, 0.3) is 0 Å². The van der Waals surface area contributed by atoms with Crippen LogP contribution in [0.15, 0.2) is 12.4 Å². The fraction of sp³-hybridized carbons (Fsp3) is 0.500. The molecule has 0 aromatic rings. The van der Waals surface area contributed by atoms with Gasteiger partial charge in [-0.3, -0.25) is 0 Å². The Balaban J connectivity index is 0. The van der Waals surface area contributed by atoms with Gasteiger partial charge < -0.3 is 21.7 Å². The molecule has 0 aliphatic heterocycles. The quantitative estimate of drug-likeness (QED) is 0.333. The average Bonchev–Trinajstić information content (AvgIpc) is 1.65. The molecular weight excluding hydrogens is 108 g/mol. The van der Waals surface area contributed by atoms with Gasteiger partial charge in [0.2, 0.25) is 0 Å². The maximum absolute atomic E-state index is 7.62. The molecule has 0 amide bonds. The molecule has 0 saturated carbocycles. The van der Waals surface area contributed by atoms with Crippen molar-refractivity contribution in [3.63, 3.8) is 0 Å². The second-order valence-corrected chi connectivity index (χ2v) is 1.02. The summed E-state index contributed by atoms with van der Waals surface area (Å²) in [4.78, 5) is 0. The first-order valence-corrected chi connectivity index (χ1v) is 2.06. The Hall–Kier alpha value is -0.740. The highest BCUT2D eigenvalue weighted by molar-refractivity contribution is 4.73. The van der Waals surface area contributed by atoms with Crippen LogP contribution in [0, 0.1) is 0 Å². The first kappa shape index (κ1) is 10.3. The fourth-order valence-electron chi connectivity index (χ4n) is 0. The van der Waals surface area contributed by atoms with E-state index in [4.69, 9.17) is 21.7 Å². The monoisotopic (exact) mass is 120 g/mol. The van der Waals surface area contributed by atoms with Crippen LogP contribution in [-0.2, 0) is 0 Å². The lowest BCUT2D eigenvalue weighted by molar-refractivity contribution is 0.186. The highest BCUT2D eigenvalue weighted by Gasteiger charge is 1.58. The minimum absolute atomic E-state index is 0.125. The number of aliphatic hydroxyl groups excluding tert-OH is 2. The van der Waals surface area contributed by atoms with Crippen LogP contribution in [0.1, 0.15) is 0 Å². The highest BCUT2D eigenvalue weighted by atomic mass is 16.3. The topological polar surface area (TPSA) is 92.5 Å². The highest BCUT2D eigenvalue weighted by Crippen LogP contribution is 1.40. The normalized spacial score (nSPS) is 6.75. The predicted molar refractivity (Wildman–Crippen MR) is 31.7 cm³/mol. The summed E-state index contributed by atoms with van der Waals surface area (Å²) in [6.07, 6.45) is 0. The molecule has 0 radical (unpaired) electrons. The number of rotatable bonds is 1. The van der Waals surface area contributed by atoms with Gasteiger partial charge in [0, 0.05) is 0 Å². The lowest BCUT2D eigenvalue weighted by Crippen LogP contribution is -2.04. The Kier molecular flexibility index (Phi) is 12.3. The summed E-state index contributed by atoms with van der Waals surface area (Å²) in [7, 11) is 0. The number of hydrogen-bond acceptors (Lipinski definition) is 4. The minimum atomic E-state index is -0.125. The minimum Gasteiger partial charge on any atom is -0.394 e. The zero-order chi connectivity index (χ0) is 6.99. The van der Waals surface area contributed by atoms with Crippen molar-refractivity contribution in [2.45, 2.75) is 0 Å². The number of aliphatic hydroxyl groups is 2. The number of nitrogens with two attached hydrogens (primary N) is 2. The van der Waals surface area contributed by atoms with Crippen molar-refractivity contribution in [3.05, 3.63) is 12.4 Å². The van der Waals surface area contributed by atoms with Gasteiger partial charge in [-0.05, 0) is 0 Å². The zero-order valence-corrected chi connectivity index (χ0v) is 4.67. The Morgan fingerprint density at radius 1 is 1.25 bits per heavy atom. The molecule has 0 aromatic heterocycles. The molecule has 0 atom stereocenters. The largest absolute Gasteiger partial charge is 0.394 e. The van der Waals surface area contributed by atoms with E-state index in [9.17, 15) is 0 Å². The second-order valence-electron chi connectivity index (χ2n) is 1.02. The van der Waals surface area contributed by atoms with Gasteiger partial charge in [-0.2, -0.15) is 0 Å². The van der Waals surface area contributed by atoms with Gasteiger partial charge in [0.1, 0.15) is 0 Å². The van der Waals surface area contributed by atoms with Crippen LogP contribution in [0.2, 0.25) is 0 Å². The third-order valence-electron chi connectivity index (χ3n) is 0.1000.